The minimum Gasteiger partial charge on any atom is -0.368 e. The SMILES string of the molecule is CCCCCCN(CCCCCC)c1nc(N)nc(N)n1. The molecule has 4 N–H and O–H groups in total. The Morgan fingerprint density at radius 2 is 1.19 bits per heavy atom. The molecule has 0 radical (unpaired) electrons. The van der Waals surface area contributed by atoms with Crippen LogP contribution in [-0.4, -0.2) is 28.0 Å². The number of aromatic nitrogens is 3. The van der Waals surface area contributed by atoms with Gasteiger partial charge in [0.25, 0.3) is 0 Å². The molecule has 1 aromatic rings. The number of rotatable bonds is 11. The van der Waals surface area contributed by atoms with Gasteiger partial charge >= 0.3 is 0 Å². The van der Waals surface area contributed by atoms with Crippen molar-refractivity contribution < 1.29 is 0 Å². The van der Waals surface area contributed by atoms with Gasteiger partial charge in [-0.15, -0.1) is 0 Å². The molecule has 0 saturated carbocycles. The first kappa shape index (κ1) is 17.5. The van der Waals surface area contributed by atoms with Crippen LogP contribution in [0.4, 0.5) is 17.8 Å². The molecular formula is C15H30N6. The lowest BCUT2D eigenvalue weighted by molar-refractivity contribution is 0.601. The molecule has 1 aromatic heterocycles. The van der Waals surface area contributed by atoms with Crippen LogP contribution in [-0.2, 0) is 0 Å². The highest BCUT2D eigenvalue weighted by molar-refractivity contribution is 5.39. The van der Waals surface area contributed by atoms with Crippen molar-refractivity contribution in [1.82, 2.24) is 15.0 Å². The van der Waals surface area contributed by atoms with E-state index in [2.05, 4.69) is 33.7 Å². The fraction of sp³-hybridized carbons (Fsp3) is 0.800. The molecule has 0 aliphatic rings. The first-order chi connectivity index (χ1) is 10.2. The molecule has 1 rings (SSSR count). The third-order valence-corrected chi connectivity index (χ3v) is 3.50. The van der Waals surface area contributed by atoms with Crippen molar-refractivity contribution in [2.45, 2.75) is 65.2 Å². The standard InChI is InChI=1S/C15H30N6/c1-3-5-7-9-11-21(12-10-8-6-4-2)15-19-13(16)18-14(17)20-15/h3-12H2,1-2H3,(H4,16,17,18,19,20). The minimum absolute atomic E-state index is 0.199. The van der Waals surface area contributed by atoms with E-state index >= 15 is 0 Å². The van der Waals surface area contributed by atoms with E-state index in [0.717, 1.165) is 25.9 Å². The Morgan fingerprint density at radius 3 is 1.62 bits per heavy atom. The monoisotopic (exact) mass is 294 g/mol. The van der Waals surface area contributed by atoms with E-state index in [1.807, 2.05) is 0 Å². The zero-order valence-electron chi connectivity index (χ0n) is 13.5. The first-order valence-electron chi connectivity index (χ1n) is 8.19. The van der Waals surface area contributed by atoms with Gasteiger partial charge in [0.15, 0.2) is 0 Å². The number of anilines is 3. The molecule has 6 heteroatoms. The molecule has 21 heavy (non-hydrogen) atoms. The van der Waals surface area contributed by atoms with Crippen LogP contribution in [0.1, 0.15) is 65.2 Å². The molecule has 0 spiro atoms. The molecule has 120 valence electrons. The van der Waals surface area contributed by atoms with E-state index in [4.69, 9.17) is 11.5 Å². The van der Waals surface area contributed by atoms with Crippen LogP contribution >= 0.6 is 0 Å². The highest BCUT2D eigenvalue weighted by Gasteiger charge is 2.11. The van der Waals surface area contributed by atoms with Crippen molar-refractivity contribution in [2.75, 3.05) is 29.5 Å². The van der Waals surface area contributed by atoms with Gasteiger partial charge in [-0.2, -0.15) is 15.0 Å². The van der Waals surface area contributed by atoms with Crippen molar-refractivity contribution in [3.8, 4) is 0 Å². The van der Waals surface area contributed by atoms with Gasteiger partial charge in [-0.1, -0.05) is 52.4 Å². The number of unbranched alkanes of at least 4 members (excludes halogenated alkanes) is 6. The van der Waals surface area contributed by atoms with E-state index in [9.17, 15) is 0 Å². The van der Waals surface area contributed by atoms with Crippen LogP contribution in [0.3, 0.4) is 0 Å². The van der Waals surface area contributed by atoms with E-state index in [0.29, 0.717) is 5.95 Å². The van der Waals surface area contributed by atoms with Crippen molar-refractivity contribution >= 4 is 17.8 Å². The van der Waals surface area contributed by atoms with Gasteiger partial charge in [-0.05, 0) is 12.8 Å². The van der Waals surface area contributed by atoms with Gasteiger partial charge in [0.1, 0.15) is 0 Å². The Labute approximate surface area is 128 Å². The summed E-state index contributed by atoms with van der Waals surface area (Å²) >= 11 is 0. The van der Waals surface area contributed by atoms with Crippen LogP contribution in [0, 0.1) is 0 Å². The predicted molar refractivity (Wildman–Crippen MR) is 89.1 cm³/mol. The molecule has 0 fully saturated rings. The van der Waals surface area contributed by atoms with Crippen molar-refractivity contribution in [3.63, 3.8) is 0 Å². The average molecular weight is 294 g/mol. The number of nitrogens with zero attached hydrogens (tertiary/aromatic N) is 4. The van der Waals surface area contributed by atoms with Crippen LogP contribution in [0.15, 0.2) is 0 Å². The summed E-state index contributed by atoms with van der Waals surface area (Å²) in [6, 6.07) is 0. The third-order valence-electron chi connectivity index (χ3n) is 3.50. The summed E-state index contributed by atoms with van der Waals surface area (Å²) in [5.41, 5.74) is 11.4. The van der Waals surface area contributed by atoms with Gasteiger partial charge in [0, 0.05) is 13.1 Å². The smallest absolute Gasteiger partial charge is 0.231 e. The first-order valence-corrected chi connectivity index (χ1v) is 8.19. The summed E-state index contributed by atoms with van der Waals surface area (Å²) in [5.74, 6) is 1.02. The highest BCUT2D eigenvalue weighted by Crippen LogP contribution is 2.14. The normalized spacial score (nSPS) is 10.8. The maximum Gasteiger partial charge on any atom is 0.231 e. The molecule has 6 nitrogen and oxygen atoms in total. The van der Waals surface area contributed by atoms with Crippen molar-refractivity contribution in [1.29, 1.82) is 0 Å². The second-order valence-electron chi connectivity index (χ2n) is 5.46. The second-order valence-corrected chi connectivity index (χ2v) is 5.46. The number of hydrogen-bond acceptors (Lipinski definition) is 6. The second kappa shape index (κ2) is 10.2. The molecule has 1 heterocycles. The van der Waals surface area contributed by atoms with Crippen LogP contribution in [0.25, 0.3) is 0 Å². The van der Waals surface area contributed by atoms with Crippen molar-refractivity contribution in [2.24, 2.45) is 0 Å². The molecule has 0 aliphatic carbocycles. The largest absolute Gasteiger partial charge is 0.368 e. The maximum atomic E-state index is 5.68. The van der Waals surface area contributed by atoms with Gasteiger partial charge in [0.05, 0.1) is 0 Å². The Balaban J connectivity index is 2.60. The summed E-state index contributed by atoms with van der Waals surface area (Å²) in [6.07, 6.45) is 9.77. The highest BCUT2D eigenvalue weighted by atomic mass is 15.3. The zero-order valence-corrected chi connectivity index (χ0v) is 13.5. The molecular weight excluding hydrogens is 264 g/mol. The van der Waals surface area contributed by atoms with Crippen molar-refractivity contribution in [3.05, 3.63) is 0 Å². The minimum atomic E-state index is 0.199. The van der Waals surface area contributed by atoms with Crippen LogP contribution in [0.5, 0.6) is 0 Å². The zero-order chi connectivity index (χ0) is 15.5. The third kappa shape index (κ3) is 7.11. The lowest BCUT2D eigenvalue weighted by Crippen LogP contribution is -2.28. The summed E-state index contributed by atoms with van der Waals surface area (Å²) in [7, 11) is 0. The average Bonchev–Trinajstić information content (AvgIpc) is 2.44. The van der Waals surface area contributed by atoms with E-state index in [-0.39, 0.29) is 11.9 Å². The summed E-state index contributed by atoms with van der Waals surface area (Å²) < 4.78 is 0. The molecule has 0 saturated heterocycles. The predicted octanol–water partition coefficient (Wildman–Crippen LogP) is 3.00. The Kier molecular flexibility index (Phi) is 8.47. The lowest BCUT2D eigenvalue weighted by atomic mass is 10.2. The van der Waals surface area contributed by atoms with Gasteiger partial charge in [-0.3, -0.25) is 0 Å². The van der Waals surface area contributed by atoms with Gasteiger partial charge in [0.2, 0.25) is 17.8 Å². The van der Waals surface area contributed by atoms with Crippen LogP contribution in [0.2, 0.25) is 0 Å². The molecule has 0 unspecified atom stereocenters. The molecule has 0 bridgehead atoms. The fourth-order valence-corrected chi connectivity index (χ4v) is 2.31. The Morgan fingerprint density at radius 1 is 0.714 bits per heavy atom. The van der Waals surface area contributed by atoms with Gasteiger partial charge in [-0.25, -0.2) is 0 Å². The van der Waals surface area contributed by atoms with Crippen LogP contribution < -0.4 is 16.4 Å². The van der Waals surface area contributed by atoms with Gasteiger partial charge < -0.3 is 16.4 Å². The summed E-state index contributed by atoms with van der Waals surface area (Å²) in [6.45, 7) is 6.34. The topological polar surface area (TPSA) is 94.0 Å². The summed E-state index contributed by atoms with van der Waals surface area (Å²) in [5, 5.41) is 0. The summed E-state index contributed by atoms with van der Waals surface area (Å²) in [4.78, 5) is 14.5. The number of nitrogens with two attached hydrogens (primary N) is 2. The molecule has 0 aliphatic heterocycles. The van der Waals surface area contributed by atoms with E-state index in [1.54, 1.807) is 0 Å². The molecule has 0 atom stereocenters. The quantitative estimate of drug-likeness (QED) is 0.609. The van der Waals surface area contributed by atoms with E-state index < -0.39 is 0 Å². The lowest BCUT2D eigenvalue weighted by Gasteiger charge is -2.22. The molecule has 0 aromatic carbocycles. The fourth-order valence-electron chi connectivity index (χ4n) is 2.31. The Bertz CT molecular complexity index is 364. The van der Waals surface area contributed by atoms with E-state index in [1.165, 1.54) is 38.5 Å². The molecule has 0 amide bonds. The number of nitrogen functional groups attached to an aromatic ring is 2. The maximum absolute atomic E-state index is 5.68. The Hall–Kier alpha value is -1.59. The number of hydrogen-bond donors (Lipinski definition) is 2.